The number of rotatable bonds is 8. The highest BCUT2D eigenvalue weighted by Gasteiger charge is 2.41. The molecule has 1 aromatic rings. The number of anilines is 1. The third-order valence-electron chi connectivity index (χ3n) is 6.29. The highest BCUT2D eigenvalue weighted by molar-refractivity contribution is 6.22. The van der Waals surface area contributed by atoms with Crippen LogP contribution in [-0.4, -0.2) is 51.8 Å². The lowest BCUT2D eigenvalue weighted by Crippen LogP contribution is -2.38. The third-order valence-corrected chi connectivity index (χ3v) is 6.29. The number of nitrogens with zero attached hydrogens (tertiary/aromatic N) is 1. The van der Waals surface area contributed by atoms with E-state index in [4.69, 9.17) is 14.2 Å². The predicted octanol–water partition coefficient (Wildman–Crippen LogP) is 1.86. The van der Waals surface area contributed by atoms with E-state index in [2.05, 4.69) is 22.8 Å². The van der Waals surface area contributed by atoms with E-state index in [0.29, 0.717) is 41.5 Å². The normalized spacial score (nSPS) is 26.2. The Morgan fingerprint density at radius 2 is 1.81 bits per heavy atom. The maximum absolute atomic E-state index is 12.9. The molecule has 2 N–H and O–H groups in total. The van der Waals surface area contributed by atoms with Crippen molar-refractivity contribution in [3.05, 3.63) is 24.3 Å². The quantitative estimate of drug-likeness (QED) is 0.483. The molecule has 3 aliphatic rings. The van der Waals surface area contributed by atoms with Crippen molar-refractivity contribution in [1.29, 1.82) is 0 Å². The smallest absolute Gasteiger partial charge is 0.329 e. The minimum absolute atomic E-state index is 0.109. The third kappa shape index (κ3) is 3.92. The number of ether oxygens (including phenoxy) is 3. The van der Waals surface area contributed by atoms with Crippen LogP contribution < -0.4 is 29.7 Å². The summed E-state index contributed by atoms with van der Waals surface area (Å²) in [6, 6.07) is 1.51. The number of methoxy groups -OCH3 is 3. The van der Waals surface area contributed by atoms with Crippen LogP contribution in [0.4, 0.5) is 10.5 Å². The van der Waals surface area contributed by atoms with E-state index < -0.39 is 18.0 Å². The van der Waals surface area contributed by atoms with Crippen LogP contribution in [0, 0.1) is 17.8 Å². The van der Waals surface area contributed by atoms with Gasteiger partial charge in [-0.2, -0.15) is 0 Å². The minimum Gasteiger partial charge on any atom is -0.493 e. The molecule has 9 heteroatoms. The molecule has 1 heterocycles. The second-order valence-electron chi connectivity index (χ2n) is 8.11. The zero-order valence-electron chi connectivity index (χ0n) is 17.8. The van der Waals surface area contributed by atoms with Gasteiger partial charge in [-0.25, -0.2) is 9.69 Å². The number of nitrogens with one attached hydrogen (secondary N) is 2. The van der Waals surface area contributed by atoms with Gasteiger partial charge in [-0.15, -0.1) is 0 Å². The Balaban J connectivity index is 1.41. The summed E-state index contributed by atoms with van der Waals surface area (Å²) in [4.78, 5) is 38.9. The lowest BCUT2D eigenvalue weighted by Gasteiger charge is -2.19. The van der Waals surface area contributed by atoms with Crippen LogP contribution in [0.5, 0.6) is 17.2 Å². The van der Waals surface area contributed by atoms with Gasteiger partial charge in [-0.3, -0.25) is 9.59 Å². The summed E-state index contributed by atoms with van der Waals surface area (Å²) >= 11 is 0. The number of imide groups is 1. The van der Waals surface area contributed by atoms with Gasteiger partial charge < -0.3 is 24.8 Å². The summed E-state index contributed by atoms with van der Waals surface area (Å²) in [6.07, 6.45) is 6.65. The summed E-state index contributed by atoms with van der Waals surface area (Å²) in [6.45, 7) is 0.593. The van der Waals surface area contributed by atoms with E-state index in [-0.39, 0.29) is 18.0 Å². The molecule has 4 rings (SSSR count). The van der Waals surface area contributed by atoms with Crippen molar-refractivity contribution in [2.24, 2.45) is 17.8 Å². The molecule has 0 radical (unpaired) electrons. The summed E-state index contributed by atoms with van der Waals surface area (Å²) in [5.41, 5.74) is 0.272. The molecule has 166 valence electrons. The van der Waals surface area contributed by atoms with Gasteiger partial charge in [-0.1, -0.05) is 12.2 Å². The SMILES string of the molecule is COc1cc(N2C(=O)N[C@@H](CC(=O)NC[C@@H]3C[C@H]4C=C[C@@H]3C4)C2=O)cc(OC)c1OC. The fourth-order valence-corrected chi connectivity index (χ4v) is 4.74. The summed E-state index contributed by atoms with van der Waals surface area (Å²) in [5.74, 6) is 1.85. The van der Waals surface area contributed by atoms with Crippen molar-refractivity contribution in [2.45, 2.75) is 25.3 Å². The topological polar surface area (TPSA) is 106 Å². The first-order valence-corrected chi connectivity index (χ1v) is 10.3. The van der Waals surface area contributed by atoms with Crippen LogP contribution in [0.15, 0.2) is 24.3 Å². The first-order valence-electron chi connectivity index (χ1n) is 10.3. The molecule has 31 heavy (non-hydrogen) atoms. The maximum Gasteiger partial charge on any atom is 0.329 e. The fraction of sp³-hybridized carbons (Fsp3) is 0.500. The lowest BCUT2D eigenvalue weighted by atomic mass is 9.93. The van der Waals surface area contributed by atoms with E-state index in [9.17, 15) is 14.4 Å². The van der Waals surface area contributed by atoms with Crippen molar-refractivity contribution >= 4 is 23.5 Å². The zero-order chi connectivity index (χ0) is 22.1. The van der Waals surface area contributed by atoms with Crippen molar-refractivity contribution in [2.75, 3.05) is 32.8 Å². The van der Waals surface area contributed by atoms with Crippen molar-refractivity contribution in [3.63, 3.8) is 0 Å². The summed E-state index contributed by atoms with van der Waals surface area (Å²) in [5, 5.41) is 5.52. The highest BCUT2D eigenvalue weighted by Crippen LogP contribution is 2.43. The van der Waals surface area contributed by atoms with Gasteiger partial charge in [0.2, 0.25) is 11.7 Å². The number of carbonyl (C=O) groups is 3. The molecule has 1 aliphatic heterocycles. The molecule has 0 spiro atoms. The number of carbonyl (C=O) groups excluding carboxylic acids is 3. The number of benzene rings is 1. The fourth-order valence-electron chi connectivity index (χ4n) is 4.74. The molecule has 2 aliphatic carbocycles. The lowest BCUT2D eigenvalue weighted by molar-refractivity contribution is -0.125. The second kappa shape index (κ2) is 8.49. The van der Waals surface area contributed by atoms with Crippen LogP contribution in [-0.2, 0) is 9.59 Å². The van der Waals surface area contributed by atoms with E-state index in [1.165, 1.54) is 39.9 Å². The minimum atomic E-state index is -0.925. The summed E-state index contributed by atoms with van der Waals surface area (Å²) < 4.78 is 15.9. The molecule has 1 saturated carbocycles. The van der Waals surface area contributed by atoms with Gasteiger partial charge in [0.25, 0.3) is 5.91 Å². The molecule has 2 fully saturated rings. The van der Waals surface area contributed by atoms with E-state index >= 15 is 0 Å². The monoisotopic (exact) mass is 429 g/mol. The van der Waals surface area contributed by atoms with E-state index in [1.54, 1.807) is 0 Å². The van der Waals surface area contributed by atoms with Gasteiger partial charge in [-0.05, 0) is 30.6 Å². The van der Waals surface area contributed by atoms with Crippen molar-refractivity contribution < 1.29 is 28.6 Å². The summed E-state index contributed by atoms with van der Waals surface area (Å²) in [7, 11) is 4.37. The van der Waals surface area contributed by atoms with Gasteiger partial charge in [0.15, 0.2) is 11.5 Å². The number of urea groups is 1. The molecule has 2 bridgehead atoms. The molecule has 0 aromatic heterocycles. The number of hydrogen-bond acceptors (Lipinski definition) is 6. The van der Waals surface area contributed by atoms with Crippen LogP contribution in [0.3, 0.4) is 0 Å². The van der Waals surface area contributed by atoms with Crippen LogP contribution >= 0.6 is 0 Å². The Labute approximate surface area is 180 Å². The van der Waals surface area contributed by atoms with Gasteiger partial charge in [0.05, 0.1) is 33.4 Å². The number of allylic oxidation sites excluding steroid dienone is 2. The standard InChI is InChI=1S/C22H27N3O6/c1-29-17-8-15(9-18(30-2)20(17)31-3)25-21(27)16(24-22(25)28)10-19(26)23-11-14-7-12-4-5-13(14)6-12/h4-5,8-9,12-14,16H,6-7,10-11H2,1-3H3,(H,23,26)(H,24,28)/t12-,13+,14-,16-/m0/s1. The first-order chi connectivity index (χ1) is 14.9. The Bertz CT molecular complexity index is 905. The molecule has 4 atom stereocenters. The Morgan fingerprint density at radius 1 is 1.10 bits per heavy atom. The van der Waals surface area contributed by atoms with Crippen molar-refractivity contribution in [1.82, 2.24) is 10.6 Å². The van der Waals surface area contributed by atoms with E-state index in [1.807, 2.05) is 0 Å². The maximum atomic E-state index is 12.9. The van der Waals surface area contributed by atoms with Crippen LogP contribution in [0.1, 0.15) is 19.3 Å². The van der Waals surface area contributed by atoms with Crippen LogP contribution in [0.2, 0.25) is 0 Å². The van der Waals surface area contributed by atoms with Gasteiger partial charge in [0, 0.05) is 18.7 Å². The second-order valence-corrected chi connectivity index (χ2v) is 8.11. The predicted molar refractivity (Wildman–Crippen MR) is 112 cm³/mol. The number of fused-ring (bicyclic) bond motifs is 2. The Morgan fingerprint density at radius 3 is 2.35 bits per heavy atom. The molecule has 0 unspecified atom stereocenters. The Kier molecular flexibility index (Phi) is 5.75. The first kappa shape index (κ1) is 21.0. The average Bonchev–Trinajstić information content (AvgIpc) is 3.46. The largest absolute Gasteiger partial charge is 0.493 e. The molecular weight excluding hydrogens is 402 g/mol. The highest BCUT2D eigenvalue weighted by atomic mass is 16.5. The molecule has 9 nitrogen and oxygen atoms in total. The van der Waals surface area contributed by atoms with E-state index in [0.717, 1.165) is 11.3 Å². The van der Waals surface area contributed by atoms with Gasteiger partial charge in [0.1, 0.15) is 6.04 Å². The van der Waals surface area contributed by atoms with Crippen molar-refractivity contribution in [3.8, 4) is 17.2 Å². The molecule has 1 saturated heterocycles. The molecular formula is C22H27N3O6. The molecule has 1 aromatic carbocycles. The Hall–Kier alpha value is -3.23. The number of hydrogen-bond donors (Lipinski definition) is 2. The van der Waals surface area contributed by atoms with Gasteiger partial charge >= 0.3 is 6.03 Å². The molecule has 4 amide bonds. The zero-order valence-corrected chi connectivity index (χ0v) is 17.8. The van der Waals surface area contributed by atoms with Crippen LogP contribution in [0.25, 0.3) is 0 Å². The average molecular weight is 429 g/mol. The number of amides is 4.